The number of likely N-dealkylation sites (tertiary alicyclic amines) is 1. The fourth-order valence-electron chi connectivity index (χ4n) is 6.97. The molecule has 182 valence electrons. The lowest BCUT2D eigenvalue weighted by atomic mass is 9.52. The standard InChI is InChI=1S/C22H26ClF3N2O4S/c23-18-8-17(27-33(31,32)22(24,25)26)2-1-13(18)7-14-3-4-28(20(14)29)19-15-5-12-6-16(19)11-21(30,9-12)10-15/h1-2,8,12,14-16,19,27,30H,3-7,9-11H2. The molecule has 33 heavy (non-hydrogen) atoms. The van der Waals surface area contributed by atoms with Crippen molar-refractivity contribution in [3.8, 4) is 0 Å². The summed E-state index contributed by atoms with van der Waals surface area (Å²) >= 11 is 6.23. The van der Waals surface area contributed by atoms with Crippen molar-refractivity contribution in [1.82, 2.24) is 4.90 Å². The van der Waals surface area contributed by atoms with Crippen LogP contribution in [0.4, 0.5) is 18.9 Å². The smallest absolute Gasteiger partial charge is 0.390 e. The number of nitrogens with one attached hydrogen (secondary N) is 1. The quantitative estimate of drug-likeness (QED) is 0.633. The maximum Gasteiger partial charge on any atom is 0.516 e. The number of alkyl halides is 3. The number of anilines is 1. The van der Waals surface area contributed by atoms with E-state index in [1.165, 1.54) is 16.9 Å². The Labute approximate surface area is 195 Å². The highest BCUT2D eigenvalue weighted by atomic mass is 35.5. The first-order valence-corrected chi connectivity index (χ1v) is 13.1. The predicted molar refractivity (Wildman–Crippen MR) is 116 cm³/mol. The van der Waals surface area contributed by atoms with Gasteiger partial charge in [0.15, 0.2) is 0 Å². The van der Waals surface area contributed by atoms with Crippen LogP contribution in [0.25, 0.3) is 0 Å². The molecule has 0 radical (unpaired) electrons. The fraction of sp³-hybridized carbons (Fsp3) is 0.682. The summed E-state index contributed by atoms with van der Waals surface area (Å²) in [5.41, 5.74) is -5.68. The van der Waals surface area contributed by atoms with Gasteiger partial charge in [-0.15, -0.1) is 0 Å². The maximum atomic E-state index is 13.3. The average Bonchev–Trinajstić information content (AvgIpc) is 3.01. The molecule has 1 saturated heterocycles. The second-order valence-electron chi connectivity index (χ2n) is 10.3. The molecule has 4 saturated carbocycles. The molecular weight excluding hydrogens is 481 g/mol. The van der Waals surface area contributed by atoms with Crippen LogP contribution in [0, 0.1) is 23.7 Å². The first kappa shape index (κ1) is 23.2. The Hall–Kier alpha value is -1.52. The maximum absolute atomic E-state index is 13.3. The van der Waals surface area contributed by atoms with Gasteiger partial charge in [0.2, 0.25) is 5.91 Å². The number of hydrogen-bond donors (Lipinski definition) is 2. The van der Waals surface area contributed by atoms with E-state index in [-0.39, 0.29) is 28.6 Å². The van der Waals surface area contributed by atoms with E-state index in [0.29, 0.717) is 42.7 Å². The minimum atomic E-state index is -5.53. The van der Waals surface area contributed by atoms with Crippen molar-refractivity contribution < 1.29 is 31.5 Å². The van der Waals surface area contributed by atoms with Gasteiger partial charge in [-0.05, 0) is 80.4 Å². The van der Waals surface area contributed by atoms with Crippen molar-refractivity contribution in [2.75, 3.05) is 11.3 Å². The molecule has 1 amide bonds. The van der Waals surface area contributed by atoms with E-state index in [2.05, 4.69) is 0 Å². The van der Waals surface area contributed by atoms with Crippen LogP contribution in [-0.2, 0) is 21.2 Å². The van der Waals surface area contributed by atoms with E-state index in [1.54, 1.807) is 0 Å². The number of amides is 1. The average molecular weight is 507 g/mol. The van der Waals surface area contributed by atoms with Gasteiger partial charge in [-0.1, -0.05) is 17.7 Å². The molecule has 11 heteroatoms. The van der Waals surface area contributed by atoms with Crippen LogP contribution in [-0.4, -0.2) is 48.0 Å². The number of carbonyl (C=O) groups excluding carboxylic acids is 1. The summed E-state index contributed by atoms with van der Waals surface area (Å²) in [7, 11) is -5.53. The van der Waals surface area contributed by atoms with E-state index in [4.69, 9.17) is 11.6 Å². The molecule has 3 unspecified atom stereocenters. The van der Waals surface area contributed by atoms with Gasteiger partial charge in [0, 0.05) is 23.5 Å². The fourth-order valence-corrected chi connectivity index (χ4v) is 7.78. The summed E-state index contributed by atoms with van der Waals surface area (Å²) in [5, 5.41) is 10.9. The molecular formula is C22H26ClF3N2O4S. The van der Waals surface area contributed by atoms with Gasteiger partial charge in [0.05, 0.1) is 11.3 Å². The van der Waals surface area contributed by atoms with Gasteiger partial charge in [0.25, 0.3) is 0 Å². The number of benzene rings is 1. The first-order valence-electron chi connectivity index (χ1n) is 11.3. The Balaban J connectivity index is 1.26. The van der Waals surface area contributed by atoms with E-state index >= 15 is 0 Å². The summed E-state index contributed by atoms with van der Waals surface area (Å²) in [4.78, 5) is 15.3. The Kier molecular flexibility index (Phi) is 5.45. The van der Waals surface area contributed by atoms with Gasteiger partial charge in [-0.3, -0.25) is 9.52 Å². The lowest BCUT2D eigenvalue weighted by Crippen LogP contribution is -2.62. The highest BCUT2D eigenvalue weighted by Gasteiger charge is 2.57. The molecule has 1 aliphatic heterocycles. The topological polar surface area (TPSA) is 86.7 Å². The largest absolute Gasteiger partial charge is 0.516 e. The van der Waals surface area contributed by atoms with Gasteiger partial charge in [0.1, 0.15) is 0 Å². The van der Waals surface area contributed by atoms with Gasteiger partial charge in [-0.25, -0.2) is 0 Å². The lowest BCUT2D eigenvalue weighted by molar-refractivity contribution is -0.168. The molecule has 4 aliphatic carbocycles. The van der Waals surface area contributed by atoms with Crippen molar-refractivity contribution in [2.24, 2.45) is 23.7 Å². The Morgan fingerprint density at radius 3 is 2.42 bits per heavy atom. The van der Waals surface area contributed by atoms with Crippen LogP contribution >= 0.6 is 11.6 Å². The molecule has 5 fully saturated rings. The summed E-state index contributed by atoms with van der Waals surface area (Å²) in [6.45, 7) is 0.658. The molecule has 1 aromatic rings. The van der Waals surface area contributed by atoms with Crippen molar-refractivity contribution in [3.05, 3.63) is 28.8 Å². The third-order valence-corrected chi connectivity index (χ3v) is 9.44. The van der Waals surface area contributed by atoms with E-state index in [0.717, 1.165) is 38.2 Å². The summed E-state index contributed by atoms with van der Waals surface area (Å²) in [5.74, 6) is 1.03. The summed E-state index contributed by atoms with van der Waals surface area (Å²) < 4.78 is 61.9. The minimum absolute atomic E-state index is 0.0670. The van der Waals surface area contributed by atoms with E-state index in [1.807, 2.05) is 4.90 Å². The summed E-state index contributed by atoms with van der Waals surface area (Å²) in [6.07, 6.45) is 5.56. The number of carbonyl (C=O) groups is 1. The zero-order valence-corrected chi connectivity index (χ0v) is 19.4. The van der Waals surface area contributed by atoms with Gasteiger partial charge < -0.3 is 10.0 Å². The SMILES string of the molecule is O=C1C(Cc2ccc(NS(=O)(=O)C(F)(F)F)cc2Cl)CCN1C1C2CC3CC1CC(O)(C3)C2. The lowest BCUT2D eigenvalue weighted by Gasteiger charge is -2.59. The zero-order chi connectivity index (χ0) is 23.8. The van der Waals surface area contributed by atoms with Crippen LogP contribution in [0.3, 0.4) is 0 Å². The Morgan fingerprint density at radius 2 is 1.85 bits per heavy atom. The summed E-state index contributed by atoms with van der Waals surface area (Å²) in [6, 6.07) is 4.00. The van der Waals surface area contributed by atoms with Crippen LogP contribution in [0.2, 0.25) is 5.02 Å². The van der Waals surface area contributed by atoms with E-state index < -0.39 is 21.1 Å². The van der Waals surface area contributed by atoms with Gasteiger partial charge in [-0.2, -0.15) is 21.6 Å². The molecule has 4 bridgehead atoms. The molecule has 0 spiro atoms. The molecule has 3 atom stereocenters. The number of rotatable bonds is 5. The third-order valence-electron chi connectivity index (χ3n) is 7.98. The molecule has 6 rings (SSSR count). The molecule has 1 heterocycles. The second kappa shape index (κ2) is 7.75. The van der Waals surface area contributed by atoms with Crippen molar-refractivity contribution >= 4 is 33.2 Å². The molecule has 0 aromatic heterocycles. The van der Waals surface area contributed by atoms with Crippen molar-refractivity contribution in [2.45, 2.75) is 62.1 Å². The molecule has 1 aromatic carbocycles. The molecule has 6 nitrogen and oxygen atoms in total. The highest BCUT2D eigenvalue weighted by Crippen LogP contribution is 2.57. The number of nitrogens with zero attached hydrogens (tertiary/aromatic N) is 1. The van der Waals surface area contributed by atoms with Crippen LogP contribution in [0.5, 0.6) is 0 Å². The van der Waals surface area contributed by atoms with Crippen molar-refractivity contribution in [1.29, 1.82) is 0 Å². The van der Waals surface area contributed by atoms with Gasteiger partial charge >= 0.3 is 15.5 Å². The monoisotopic (exact) mass is 506 g/mol. The molecule has 5 aliphatic rings. The number of halogens is 4. The van der Waals surface area contributed by atoms with E-state index in [9.17, 15) is 31.5 Å². The van der Waals surface area contributed by atoms with Crippen LogP contribution in [0.15, 0.2) is 18.2 Å². The predicted octanol–water partition coefficient (Wildman–Crippen LogP) is 3.93. The number of sulfonamides is 1. The Morgan fingerprint density at radius 1 is 1.18 bits per heavy atom. The second-order valence-corrected chi connectivity index (χ2v) is 12.3. The minimum Gasteiger partial charge on any atom is -0.390 e. The normalized spacial score (nSPS) is 36.0. The van der Waals surface area contributed by atoms with Crippen LogP contribution in [0.1, 0.15) is 44.1 Å². The molecule has 2 N–H and O–H groups in total. The number of hydrogen-bond acceptors (Lipinski definition) is 4. The first-order chi connectivity index (χ1) is 15.4. The number of aliphatic hydroxyl groups is 1. The Bertz CT molecular complexity index is 1060. The zero-order valence-electron chi connectivity index (χ0n) is 17.8. The van der Waals surface area contributed by atoms with Crippen molar-refractivity contribution in [3.63, 3.8) is 0 Å². The third kappa shape index (κ3) is 4.12. The highest BCUT2D eigenvalue weighted by molar-refractivity contribution is 7.93. The van der Waals surface area contributed by atoms with Crippen LogP contribution < -0.4 is 4.72 Å².